The molecule has 0 aliphatic heterocycles. The predicted molar refractivity (Wildman–Crippen MR) is 39.8 cm³/mol. The van der Waals surface area contributed by atoms with Crippen LogP contribution in [0.5, 0.6) is 0 Å². The zero-order chi connectivity index (χ0) is 7.98. The van der Waals surface area contributed by atoms with Crippen molar-refractivity contribution >= 4 is 12.1 Å². The summed E-state index contributed by atoms with van der Waals surface area (Å²) < 4.78 is 0. The van der Waals surface area contributed by atoms with Crippen molar-refractivity contribution in [2.45, 2.75) is 33.1 Å². The largest absolute Gasteiger partial charge is 0.303 e. The molecule has 1 unspecified atom stereocenters. The Kier molecular flexibility index (Phi) is 10.4. The zero-order valence-corrected chi connectivity index (χ0v) is 9.55. The van der Waals surface area contributed by atoms with E-state index in [2.05, 4.69) is 0 Å². The van der Waals surface area contributed by atoms with Crippen molar-refractivity contribution in [2.24, 2.45) is 5.92 Å². The first-order valence-corrected chi connectivity index (χ1v) is 3.74. The number of ketones is 1. The van der Waals surface area contributed by atoms with Gasteiger partial charge in [-0.05, 0) is 12.8 Å². The summed E-state index contributed by atoms with van der Waals surface area (Å²) in [6.45, 7) is 3.79. The van der Waals surface area contributed by atoms with Gasteiger partial charge in [0.05, 0.1) is 5.92 Å². The van der Waals surface area contributed by atoms with Gasteiger partial charge >= 0.3 is 0 Å². The van der Waals surface area contributed by atoms with Gasteiger partial charge in [-0.3, -0.25) is 4.79 Å². The summed E-state index contributed by atoms with van der Waals surface area (Å²) in [7, 11) is 0. The molecular weight excluding hydrogens is 219 g/mol. The van der Waals surface area contributed by atoms with E-state index in [-0.39, 0.29) is 37.9 Å². The minimum atomic E-state index is -0.347. The van der Waals surface area contributed by atoms with Crippen LogP contribution in [0, 0.1) is 5.92 Å². The van der Waals surface area contributed by atoms with Gasteiger partial charge in [0.15, 0.2) is 0 Å². The first-order valence-electron chi connectivity index (χ1n) is 3.74. The summed E-state index contributed by atoms with van der Waals surface area (Å²) in [5.41, 5.74) is 0. The predicted octanol–water partition coefficient (Wildman–Crippen LogP) is 1.58. The van der Waals surface area contributed by atoms with Crippen molar-refractivity contribution in [1.29, 1.82) is 0 Å². The Morgan fingerprint density at radius 2 is 2.00 bits per heavy atom. The molecule has 0 N–H and O–H groups in total. The summed E-state index contributed by atoms with van der Waals surface area (Å²) in [6.07, 6.45) is 2.76. The summed E-state index contributed by atoms with van der Waals surface area (Å²) in [5, 5.41) is 0. The standard InChI is InChI=1S/C8H14O2.Zr/c1-3-5-8(10)7(4-2)6-9;/h6-7H,3-5H2,1-2H3;. The molecule has 0 aromatic carbocycles. The second kappa shape index (κ2) is 8.32. The molecule has 0 saturated carbocycles. The molecule has 0 aliphatic carbocycles. The third kappa shape index (κ3) is 5.49. The zero-order valence-electron chi connectivity index (χ0n) is 7.09. The van der Waals surface area contributed by atoms with Gasteiger partial charge in [-0.1, -0.05) is 13.8 Å². The number of rotatable bonds is 5. The van der Waals surface area contributed by atoms with Crippen LogP contribution in [0.2, 0.25) is 0 Å². The summed E-state index contributed by atoms with van der Waals surface area (Å²) in [5.74, 6) is -0.264. The third-order valence-corrected chi connectivity index (χ3v) is 1.51. The van der Waals surface area contributed by atoms with Crippen molar-refractivity contribution in [2.75, 3.05) is 0 Å². The van der Waals surface area contributed by atoms with Crippen LogP contribution >= 0.6 is 0 Å². The van der Waals surface area contributed by atoms with Gasteiger partial charge in [-0.2, -0.15) is 0 Å². The van der Waals surface area contributed by atoms with E-state index in [0.717, 1.165) is 12.7 Å². The molecule has 11 heavy (non-hydrogen) atoms. The quantitative estimate of drug-likeness (QED) is 0.534. The monoisotopic (exact) mass is 232 g/mol. The number of carbonyl (C=O) groups excluding carboxylic acids is 2. The van der Waals surface area contributed by atoms with Gasteiger partial charge in [0.1, 0.15) is 12.1 Å². The van der Waals surface area contributed by atoms with Crippen LogP contribution in [0.25, 0.3) is 0 Å². The minimum Gasteiger partial charge on any atom is -0.303 e. The van der Waals surface area contributed by atoms with Crippen molar-refractivity contribution in [3.8, 4) is 0 Å². The van der Waals surface area contributed by atoms with Gasteiger partial charge in [0.25, 0.3) is 0 Å². The Hall–Kier alpha value is 0.223. The average Bonchev–Trinajstić information content (AvgIpc) is 1.91. The number of Topliss-reactive ketones (excluding diaryl/α,β-unsaturated/α-hetero) is 1. The number of aldehydes is 1. The molecule has 0 saturated heterocycles. The van der Waals surface area contributed by atoms with E-state index in [9.17, 15) is 9.59 Å². The van der Waals surface area contributed by atoms with Crippen LogP contribution in [0.4, 0.5) is 0 Å². The van der Waals surface area contributed by atoms with Crippen LogP contribution in [0.3, 0.4) is 0 Å². The van der Waals surface area contributed by atoms with E-state index in [1.807, 2.05) is 13.8 Å². The maximum atomic E-state index is 11.0. The van der Waals surface area contributed by atoms with E-state index in [1.165, 1.54) is 0 Å². The molecule has 2 nitrogen and oxygen atoms in total. The van der Waals surface area contributed by atoms with Crippen LogP contribution < -0.4 is 0 Å². The van der Waals surface area contributed by atoms with Crippen molar-refractivity contribution in [3.05, 3.63) is 0 Å². The minimum absolute atomic E-state index is 0. The maximum absolute atomic E-state index is 11.0. The van der Waals surface area contributed by atoms with Crippen molar-refractivity contribution in [3.63, 3.8) is 0 Å². The molecule has 0 radical (unpaired) electrons. The van der Waals surface area contributed by atoms with Crippen LogP contribution in [-0.2, 0) is 35.8 Å². The van der Waals surface area contributed by atoms with E-state index in [0.29, 0.717) is 12.8 Å². The first kappa shape index (κ1) is 13.8. The fourth-order valence-electron chi connectivity index (χ4n) is 0.832. The molecule has 3 heteroatoms. The van der Waals surface area contributed by atoms with Crippen molar-refractivity contribution in [1.82, 2.24) is 0 Å². The number of hydrogen-bond donors (Lipinski definition) is 0. The molecule has 0 aromatic heterocycles. The summed E-state index contributed by atoms with van der Waals surface area (Å²) in [6, 6.07) is 0. The maximum Gasteiger partial charge on any atom is 0.143 e. The van der Waals surface area contributed by atoms with Crippen molar-refractivity contribution < 1.29 is 35.8 Å². The van der Waals surface area contributed by atoms with Gasteiger partial charge in [-0.15, -0.1) is 0 Å². The second-order valence-electron chi connectivity index (χ2n) is 2.37. The molecule has 0 aliphatic rings. The Bertz CT molecular complexity index is 123. The van der Waals surface area contributed by atoms with Crippen LogP contribution in [0.1, 0.15) is 33.1 Å². The van der Waals surface area contributed by atoms with E-state index in [4.69, 9.17) is 0 Å². The Balaban J connectivity index is 0. The second-order valence-corrected chi connectivity index (χ2v) is 2.37. The topological polar surface area (TPSA) is 34.1 Å². The fourth-order valence-corrected chi connectivity index (χ4v) is 0.832. The van der Waals surface area contributed by atoms with E-state index >= 15 is 0 Å². The first-order chi connectivity index (χ1) is 4.76. The normalized spacial score (nSPS) is 11.5. The molecule has 0 fully saturated rings. The van der Waals surface area contributed by atoms with Gasteiger partial charge in [0.2, 0.25) is 0 Å². The number of hydrogen-bond acceptors (Lipinski definition) is 2. The number of carbonyl (C=O) groups is 2. The molecule has 0 bridgehead atoms. The smallest absolute Gasteiger partial charge is 0.143 e. The average molecular weight is 233 g/mol. The molecule has 0 rings (SSSR count). The summed E-state index contributed by atoms with van der Waals surface area (Å²) >= 11 is 0. The fraction of sp³-hybridized carbons (Fsp3) is 0.750. The van der Waals surface area contributed by atoms with Gasteiger partial charge < -0.3 is 4.79 Å². The molecular formula is C8H14O2Zr. The van der Waals surface area contributed by atoms with Gasteiger partial charge in [-0.25, -0.2) is 0 Å². The van der Waals surface area contributed by atoms with Crippen LogP contribution in [0.15, 0.2) is 0 Å². The molecule has 0 heterocycles. The third-order valence-electron chi connectivity index (χ3n) is 1.51. The molecule has 62 valence electrons. The van der Waals surface area contributed by atoms with Gasteiger partial charge in [0, 0.05) is 32.6 Å². The van der Waals surface area contributed by atoms with E-state index < -0.39 is 0 Å². The molecule has 0 spiro atoms. The summed E-state index contributed by atoms with van der Waals surface area (Å²) in [4.78, 5) is 21.2. The molecule has 0 aromatic rings. The molecule has 0 amide bonds. The Morgan fingerprint density at radius 3 is 2.27 bits per heavy atom. The Labute approximate surface area is 86.9 Å². The SMILES string of the molecule is CCCC(=O)C(C=O)CC.[Zr]. The van der Waals surface area contributed by atoms with Crippen LogP contribution in [-0.4, -0.2) is 12.1 Å². The Morgan fingerprint density at radius 1 is 1.45 bits per heavy atom. The molecule has 1 atom stereocenters. The van der Waals surface area contributed by atoms with E-state index in [1.54, 1.807) is 0 Å².